The summed E-state index contributed by atoms with van der Waals surface area (Å²) in [5.74, 6) is 3.06. The van der Waals surface area contributed by atoms with Crippen molar-refractivity contribution in [2.75, 3.05) is 26.2 Å². The topological polar surface area (TPSA) is 80.4 Å². The third-order valence-electron chi connectivity index (χ3n) is 8.11. The third-order valence-corrected chi connectivity index (χ3v) is 8.11. The van der Waals surface area contributed by atoms with Crippen LogP contribution in [-0.4, -0.2) is 47.8 Å². The van der Waals surface area contributed by atoms with Crippen LogP contribution in [0.15, 0.2) is 58.8 Å². The van der Waals surface area contributed by atoms with E-state index >= 15 is 0 Å². The molecule has 35 heavy (non-hydrogen) atoms. The number of hydrogen-bond donors (Lipinski definition) is 4. The minimum atomic E-state index is 0.374. The molecule has 7 rings (SSSR count). The van der Waals surface area contributed by atoms with Gasteiger partial charge in [-0.15, -0.1) is 0 Å². The van der Waals surface area contributed by atoms with Crippen LogP contribution in [0.5, 0.6) is 0 Å². The molecular formula is C29H32N6. The van der Waals surface area contributed by atoms with E-state index in [0.29, 0.717) is 11.8 Å². The van der Waals surface area contributed by atoms with Crippen LogP contribution in [0.4, 0.5) is 0 Å². The van der Waals surface area contributed by atoms with Crippen molar-refractivity contribution < 1.29 is 0 Å². The molecule has 0 amide bonds. The van der Waals surface area contributed by atoms with E-state index < -0.39 is 0 Å². The molecule has 1 aliphatic carbocycles. The van der Waals surface area contributed by atoms with Gasteiger partial charge in [0.15, 0.2) is 0 Å². The first kappa shape index (κ1) is 20.8. The van der Waals surface area contributed by atoms with Crippen molar-refractivity contribution in [3.8, 4) is 0 Å². The molecule has 178 valence electrons. The van der Waals surface area contributed by atoms with Gasteiger partial charge in [0.1, 0.15) is 11.7 Å². The highest BCUT2D eigenvalue weighted by Gasteiger charge is 2.30. The van der Waals surface area contributed by atoms with Crippen molar-refractivity contribution >= 4 is 33.5 Å². The minimum Gasteiger partial charge on any atom is -0.368 e. The number of hydrogen-bond acceptors (Lipinski definition) is 4. The Kier molecular flexibility index (Phi) is 5.11. The van der Waals surface area contributed by atoms with Gasteiger partial charge in [-0.2, -0.15) is 0 Å². The number of amidine groups is 2. The Morgan fingerprint density at radius 3 is 1.71 bits per heavy atom. The van der Waals surface area contributed by atoms with Crippen LogP contribution >= 0.6 is 0 Å². The largest absolute Gasteiger partial charge is 0.368 e. The zero-order chi connectivity index (χ0) is 23.2. The van der Waals surface area contributed by atoms with Crippen molar-refractivity contribution in [3.05, 3.63) is 71.0 Å². The quantitative estimate of drug-likeness (QED) is 0.333. The first-order valence-corrected chi connectivity index (χ1v) is 13.1. The molecule has 0 unspecified atom stereocenters. The van der Waals surface area contributed by atoms with Crippen molar-refractivity contribution in [3.63, 3.8) is 0 Å². The molecule has 1 fully saturated rings. The smallest absolute Gasteiger partial charge is 0.128 e. The van der Waals surface area contributed by atoms with Gasteiger partial charge >= 0.3 is 0 Å². The van der Waals surface area contributed by atoms with Gasteiger partial charge in [0.25, 0.3) is 0 Å². The average molecular weight is 465 g/mol. The Balaban J connectivity index is 1.32. The van der Waals surface area contributed by atoms with Gasteiger partial charge in [-0.1, -0.05) is 43.5 Å². The number of rotatable bonds is 5. The number of H-pyrrole nitrogens is 2. The van der Waals surface area contributed by atoms with Gasteiger partial charge in [-0.05, 0) is 42.0 Å². The van der Waals surface area contributed by atoms with Crippen molar-refractivity contribution in [1.82, 2.24) is 20.6 Å². The van der Waals surface area contributed by atoms with E-state index in [4.69, 9.17) is 0 Å². The Labute approximate surface area is 205 Å². The predicted molar refractivity (Wildman–Crippen MR) is 144 cm³/mol. The number of nitrogens with zero attached hydrogens (tertiary/aromatic N) is 2. The second kappa shape index (κ2) is 8.59. The van der Waals surface area contributed by atoms with Gasteiger partial charge in [0.2, 0.25) is 0 Å². The summed E-state index contributed by atoms with van der Waals surface area (Å²) in [4.78, 5) is 16.4. The molecule has 6 heteroatoms. The highest BCUT2D eigenvalue weighted by molar-refractivity contribution is 6.04. The normalized spacial score (nSPS) is 18.8. The average Bonchev–Trinajstić information content (AvgIpc) is 3.72. The lowest BCUT2D eigenvalue weighted by atomic mass is 9.73. The fourth-order valence-electron chi connectivity index (χ4n) is 6.43. The molecule has 4 N–H and O–H groups in total. The van der Waals surface area contributed by atoms with Crippen LogP contribution in [0.3, 0.4) is 0 Å². The van der Waals surface area contributed by atoms with E-state index in [1.807, 2.05) is 0 Å². The highest BCUT2D eigenvalue weighted by atomic mass is 15.1. The van der Waals surface area contributed by atoms with Crippen molar-refractivity contribution in [2.24, 2.45) is 15.9 Å². The SMILES string of the molecule is c1cc2c(C(c3c[nH]c4cc(C5=NCCN5)ccc34)C3CCCCC3)c[nH]c2cc1C1=NCCN1. The Morgan fingerprint density at radius 2 is 1.23 bits per heavy atom. The molecular weight excluding hydrogens is 432 g/mol. The van der Waals surface area contributed by atoms with Gasteiger partial charge in [-0.25, -0.2) is 0 Å². The fourth-order valence-corrected chi connectivity index (χ4v) is 6.43. The van der Waals surface area contributed by atoms with Crippen molar-refractivity contribution in [2.45, 2.75) is 38.0 Å². The van der Waals surface area contributed by atoms with Crippen LogP contribution in [0, 0.1) is 5.92 Å². The van der Waals surface area contributed by atoms with E-state index in [0.717, 1.165) is 37.9 Å². The first-order valence-electron chi connectivity index (χ1n) is 13.1. The number of aliphatic imine (C=N–C) groups is 2. The highest BCUT2D eigenvalue weighted by Crippen LogP contribution is 2.45. The van der Waals surface area contributed by atoms with E-state index in [-0.39, 0.29) is 0 Å². The molecule has 4 aromatic rings. The zero-order valence-corrected chi connectivity index (χ0v) is 20.0. The summed E-state index contributed by atoms with van der Waals surface area (Å²) in [6.07, 6.45) is 11.1. The summed E-state index contributed by atoms with van der Waals surface area (Å²) >= 11 is 0. The number of aromatic nitrogens is 2. The van der Waals surface area contributed by atoms with Gasteiger partial charge in [0.05, 0.1) is 13.1 Å². The van der Waals surface area contributed by atoms with E-state index in [1.54, 1.807) is 0 Å². The molecule has 0 radical (unpaired) electrons. The van der Waals surface area contributed by atoms with E-state index in [2.05, 4.69) is 79.4 Å². The summed E-state index contributed by atoms with van der Waals surface area (Å²) in [5.41, 5.74) is 7.57. The summed E-state index contributed by atoms with van der Waals surface area (Å²) < 4.78 is 0. The molecule has 0 bridgehead atoms. The van der Waals surface area contributed by atoms with Crippen molar-refractivity contribution in [1.29, 1.82) is 0 Å². The molecule has 3 aliphatic rings. The van der Waals surface area contributed by atoms with E-state index in [9.17, 15) is 0 Å². The van der Waals surface area contributed by atoms with Crippen LogP contribution in [-0.2, 0) is 0 Å². The molecule has 6 nitrogen and oxygen atoms in total. The number of nitrogens with one attached hydrogen (secondary N) is 4. The lowest BCUT2D eigenvalue weighted by Crippen LogP contribution is -2.19. The van der Waals surface area contributed by atoms with Gasteiger partial charge < -0.3 is 20.6 Å². The Hall–Kier alpha value is -3.54. The molecule has 1 saturated carbocycles. The van der Waals surface area contributed by atoms with Gasteiger partial charge in [-0.3, -0.25) is 9.98 Å². The number of fused-ring (bicyclic) bond motifs is 2. The molecule has 0 atom stereocenters. The fraction of sp³-hybridized carbons (Fsp3) is 0.379. The third kappa shape index (κ3) is 3.63. The molecule has 2 aromatic carbocycles. The number of benzene rings is 2. The lowest BCUT2D eigenvalue weighted by molar-refractivity contribution is 0.329. The lowest BCUT2D eigenvalue weighted by Gasteiger charge is -2.30. The maximum Gasteiger partial charge on any atom is 0.128 e. The van der Waals surface area contributed by atoms with Crippen LogP contribution in [0.25, 0.3) is 21.8 Å². The zero-order valence-electron chi connectivity index (χ0n) is 20.0. The first-order chi connectivity index (χ1) is 17.3. The molecule has 2 aromatic heterocycles. The molecule has 2 aliphatic heterocycles. The molecule has 0 saturated heterocycles. The number of aromatic amines is 2. The van der Waals surface area contributed by atoms with Gasteiger partial charge in [0, 0.05) is 64.3 Å². The summed E-state index contributed by atoms with van der Waals surface area (Å²) in [6, 6.07) is 13.6. The predicted octanol–water partition coefficient (Wildman–Crippen LogP) is 5.06. The standard InChI is InChI=1S/C29H32N6/c1-2-4-18(5-3-1)27(23-16-34-25-14-19(6-8-21(23)25)28-30-10-11-31-28)24-17-35-26-15-20(7-9-22(24)26)29-32-12-13-33-29/h6-9,14-18,27,34-35H,1-5,10-13H2,(H,30,31)(H,32,33). The maximum absolute atomic E-state index is 4.61. The Bertz CT molecular complexity index is 1350. The molecule has 0 spiro atoms. The summed E-state index contributed by atoms with van der Waals surface area (Å²) in [5, 5.41) is 9.47. The monoisotopic (exact) mass is 464 g/mol. The summed E-state index contributed by atoms with van der Waals surface area (Å²) in [7, 11) is 0. The second-order valence-electron chi connectivity index (χ2n) is 10.2. The molecule has 4 heterocycles. The maximum atomic E-state index is 4.61. The van der Waals surface area contributed by atoms with Crippen LogP contribution < -0.4 is 10.6 Å². The minimum absolute atomic E-state index is 0.374. The Morgan fingerprint density at radius 1 is 0.686 bits per heavy atom. The van der Waals surface area contributed by atoms with Crippen LogP contribution in [0.2, 0.25) is 0 Å². The van der Waals surface area contributed by atoms with E-state index in [1.165, 1.54) is 76.2 Å². The summed E-state index contributed by atoms with van der Waals surface area (Å²) in [6.45, 7) is 3.58. The van der Waals surface area contributed by atoms with Crippen LogP contribution in [0.1, 0.15) is 60.3 Å². The second-order valence-corrected chi connectivity index (χ2v) is 10.2.